The van der Waals surface area contributed by atoms with Crippen LogP contribution in [0.4, 0.5) is 0 Å². The zero-order valence-corrected chi connectivity index (χ0v) is 18.6. The van der Waals surface area contributed by atoms with E-state index in [0.29, 0.717) is 30.7 Å². The van der Waals surface area contributed by atoms with Crippen molar-refractivity contribution in [3.05, 3.63) is 0 Å². The van der Waals surface area contributed by atoms with Crippen molar-refractivity contribution in [3.8, 4) is 0 Å². The van der Waals surface area contributed by atoms with Crippen molar-refractivity contribution in [2.75, 3.05) is 13.2 Å². The minimum Gasteiger partial charge on any atom is -0.518 e. The third-order valence-corrected chi connectivity index (χ3v) is 13.1. The molecule has 0 aromatic rings. The molecule has 137 valence electrons. The molecule has 0 aromatic heterocycles. The molecule has 4 nitrogen and oxygen atoms in total. The Morgan fingerprint density at radius 2 is 1.43 bits per heavy atom. The van der Waals surface area contributed by atoms with E-state index in [1.165, 1.54) is 0 Å². The maximum atomic E-state index is 13.1. The molecule has 0 aliphatic heterocycles. The van der Waals surface area contributed by atoms with Crippen LogP contribution in [0.15, 0.2) is 0 Å². The molecule has 1 atom stereocenters. The molecule has 0 N–H and O–H groups in total. The highest BCUT2D eigenvalue weighted by atomic mass is 28.4. The van der Waals surface area contributed by atoms with Crippen LogP contribution < -0.4 is 0 Å². The maximum absolute atomic E-state index is 13.1. The van der Waals surface area contributed by atoms with Crippen molar-refractivity contribution in [1.29, 1.82) is 0 Å². The van der Waals surface area contributed by atoms with Gasteiger partial charge in [0.05, 0.1) is 0 Å². The fraction of sp³-hybridized carbons (Fsp3) is 0.941. The molecule has 0 spiro atoms. The summed E-state index contributed by atoms with van der Waals surface area (Å²) in [4.78, 5) is 13.1. The second kappa shape index (κ2) is 9.96. The van der Waals surface area contributed by atoms with Crippen molar-refractivity contribution >= 4 is 23.6 Å². The van der Waals surface area contributed by atoms with Crippen LogP contribution in [0.5, 0.6) is 0 Å². The van der Waals surface area contributed by atoms with Crippen molar-refractivity contribution in [2.45, 2.75) is 90.9 Å². The zero-order chi connectivity index (χ0) is 18.3. The molecule has 0 aromatic carbocycles. The van der Waals surface area contributed by atoms with E-state index in [4.69, 9.17) is 13.3 Å². The van der Waals surface area contributed by atoms with Crippen molar-refractivity contribution in [1.82, 2.24) is 0 Å². The SMILES string of the molecule is CCO[Si](OCC)C(C)(CC)C(=O)O[Si](CC)(C(C)C)C(C)C. The van der Waals surface area contributed by atoms with Gasteiger partial charge in [-0.2, -0.15) is 0 Å². The molecule has 0 saturated carbocycles. The molecule has 1 radical (unpaired) electrons. The Labute approximate surface area is 146 Å². The summed E-state index contributed by atoms with van der Waals surface area (Å²) in [5, 5.41) is -0.673. The van der Waals surface area contributed by atoms with Crippen LogP contribution in [-0.4, -0.2) is 36.8 Å². The average Bonchev–Trinajstić information content (AvgIpc) is 2.50. The second-order valence-corrected chi connectivity index (χ2v) is 14.2. The Morgan fingerprint density at radius 1 is 1.00 bits per heavy atom. The quantitative estimate of drug-likeness (QED) is 0.483. The fourth-order valence-corrected chi connectivity index (χ4v) is 9.08. The molecule has 23 heavy (non-hydrogen) atoms. The molecule has 0 bridgehead atoms. The van der Waals surface area contributed by atoms with Gasteiger partial charge in [0.15, 0.2) is 0 Å². The van der Waals surface area contributed by atoms with Crippen LogP contribution in [0.1, 0.15) is 68.7 Å². The smallest absolute Gasteiger partial charge is 0.402 e. The van der Waals surface area contributed by atoms with E-state index in [1.807, 2.05) is 27.7 Å². The summed E-state index contributed by atoms with van der Waals surface area (Å²) < 4.78 is 18.0. The average molecular weight is 362 g/mol. The first-order valence-corrected chi connectivity index (χ1v) is 12.6. The first-order valence-electron chi connectivity index (χ1n) is 9.02. The van der Waals surface area contributed by atoms with Crippen molar-refractivity contribution < 1.29 is 18.1 Å². The lowest BCUT2D eigenvalue weighted by atomic mass is 10.1. The summed E-state index contributed by atoms with van der Waals surface area (Å²) in [5.41, 5.74) is 0.792. The molecule has 0 heterocycles. The van der Waals surface area contributed by atoms with Crippen LogP contribution in [0.3, 0.4) is 0 Å². The number of carbonyl (C=O) groups excluding carboxylic acids is 1. The van der Waals surface area contributed by atoms with Gasteiger partial charge in [-0.1, -0.05) is 41.5 Å². The predicted molar refractivity (Wildman–Crippen MR) is 100 cm³/mol. The molecule has 0 amide bonds. The normalized spacial score (nSPS) is 15.3. The standard InChI is InChI=1S/C17H37O4Si2/c1-10-17(9,22(19-11-2)20-12-3)16(18)21-23(13-4,14(5)6)15(7)8/h14-15H,10-13H2,1-9H3. The van der Waals surface area contributed by atoms with Gasteiger partial charge in [-0.25, -0.2) is 0 Å². The lowest BCUT2D eigenvalue weighted by Crippen LogP contribution is -2.51. The summed E-state index contributed by atoms with van der Waals surface area (Å²) in [5.74, 6) is -0.119. The van der Waals surface area contributed by atoms with E-state index in [2.05, 4.69) is 34.6 Å². The third kappa shape index (κ3) is 5.15. The molecule has 0 rings (SSSR count). The third-order valence-electron chi connectivity index (χ3n) is 4.95. The fourth-order valence-electron chi connectivity index (χ4n) is 3.07. The molecule has 0 aliphatic carbocycles. The van der Waals surface area contributed by atoms with E-state index in [9.17, 15) is 4.79 Å². The van der Waals surface area contributed by atoms with Gasteiger partial charge in [-0.3, -0.25) is 4.79 Å². The Bertz CT molecular complexity index is 347. The molecule has 1 unspecified atom stereocenters. The highest BCUT2D eigenvalue weighted by molar-refractivity contribution is 6.78. The predicted octanol–water partition coefficient (Wildman–Crippen LogP) is 5.05. The van der Waals surface area contributed by atoms with Crippen molar-refractivity contribution in [2.24, 2.45) is 0 Å². The van der Waals surface area contributed by atoms with E-state index in [-0.39, 0.29) is 5.97 Å². The lowest BCUT2D eigenvalue weighted by Gasteiger charge is -2.41. The Morgan fingerprint density at radius 3 is 1.70 bits per heavy atom. The van der Waals surface area contributed by atoms with Gasteiger partial charge in [-0.05, 0) is 44.3 Å². The van der Waals surface area contributed by atoms with Crippen LogP contribution in [0.2, 0.25) is 22.2 Å². The van der Waals surface area contributed by atoms with Crippen LogP contribution in [0.25, 0.3) is 0 Å². The largest absolute Gasteiger partial charge is 0.518 e. The zero-order valence-electron chi connectivity index (χ0n) is 16.6. The Kier molecular flexibility index (Phi) is 9.88. The first-order chi connectivity index (χ1) is 10.7. The topological polar surface area (TPSA) is 44.8 Å². The van der Waals surface area contributed by atoms with Gasteiger partial charge in [0.25, 0.3) is 14.3 Å². The van der Waals surface area contributed by atoms with Crippen LogP contribution in [-0.2, 0) is 18.1 Å². The number of hydrogen-bond donors (Lipinski definition) is 0. The highest BCUT2D eigenvalue weighted by Crippen LogP contribution is 2.42. The van der Waals surface area contributed by atoms with Gasteiger partial charge in [0.2, 0.25) is 0 Å². The van der Waals surface area contributed by atoms with Crippen LogP contribution >= 0.6 is 0 Å². The van der Waals surface area contributed by atoms with Gasteiger partial charge >= 0.3 is 9.28 Å². The van der Waals surface area contributed by atoms with E-state index in [0.717, 1.165) is 6.04 Å². The first kappa shape index (κ1) is 22.8. The Balaban J connectivity index is 5.56. The van der Waals surface area contributed by atoms with Gasteiger partial charge in [-0.15, -0.1) is 0 Å². The molecule has 0 aliphatic rings. The van der Waals surface area contributed by atoms with Gasteiger partial charge in [0, 0.05) is 13.2 Å². The highest BCUT2D eigenvalue weighted by Gasteiger charge is 2.52. The van der Waals surface area contributed by atoms with E-state index in [1.54, 1.807) is 0 Å². The number of rotatable bonds is 11. The van der Waals surface area contributed by atoms with E-state index >= 15 is 0 Å². The molecular weight excluding hydrogens is 324 g/mol. The van der Waals surface area contributed by atoms with Crippen LogP contribution in [0, 0.1) is 0 Å². The van der Waals surface area contributed by atoms with Gasteiger partial charge in [0.1, 0.15) is 5.04 Å². The Hall–Kier alpha value is -0.176. The van der Waals surface area contributed by atoms with Crippen molar-refractivity contribution in [3.63, 3.8) is 0 Å². The maximum Gasteiger partial charge on any atom is 0.402 e. The minimum atomic E-state index is -2.15. The molecule has 6 heteroatoms. The summed E-state index contributed by atoms with van der Waals surface area (Å²) in [7, 11) is -3.87. The molecular formula is C17H37O4Si2. The van der Waals surface area contributed by atoms with Gasteiger partial charge < -0.3 is 13.3 Å². The monoisotopic (exact) mass is 361 g/mol. The summed E-state index contributed by atoms with van der Waals surface area (Å²) in [6, 6.07) is 0.944. The minimum absolute atomic E-state index is 0.119. The number of carbonyl (C=O) groups is 1. The van der Waals surface area contributed by atoms with E-state index < -0.39 is 22.6 Å². The summed E-state index contributed by atoms with van der Waals surface area (Å²) >= 11 is 0. The number of hydrogen-bond acceptors (Lipinski definition) is 4. The second-order valence-electron chi connectivity index (χ2n) is 6.85. The summed E-state index contributed by atoms with van der Waals surface area (Å²) in [6.07, 6.45) is 0.671. The molecule has 0 fully saturated rings. The lowest BCUT2D eigenvalue weighted by molar-refractivity contribution is -0.139. The molecule has 0 saturated heterocycles. The summed E-state index contributed by atoms with van der Waals surface area (Å²) in [6.45, 7) is 19.9.